The van der Waals surface area contributed by atoms with E-state index in [-0.39, 0.29) is 11.3 Å². The summed E-state index contributed by atoms with van der Waals surface area (Å²) in [5, 5.41) is 29.7. The lowest BCUT2D eigenvalue weighted by Gasteiger charge is -2.13. The Labute approximate surface area is 117 Å². The van der Waals surface area contributed by atoms with Crippen molar-refractivity contribution in [1.82, 2.24) is 5.32 Å². The SMILES string of the molecule is N#Cc1ccc(NC(=O)N[C@H](CC(=O)O)C(=O)O)c(F)c1. The number of nitrogens with one attached hydrogen (secondary N) is 2. The van der Waals surface area contributed by atoms with Gasteiger partial charge in [-0.25, -0.2) is 14.0 Å². The van der Waals surface area contributed by atoms with Gasteiger partial charge in [0.05, 0.1) is 23.7 Å². The summed E-state index contributed by atoms with van der Waals surface area (Å²) >= 11 is 0. The highest BCUT2D eigenvalue weighted by Gasteiger charge is 2.23. The first kappa shape index (κ1) is 15.9. The number of benzene rings is 1. The Kier molecular flexibility index (Phi) is 5.19. The van der Waals surface area contributed by atoms with Gasteiger partial charge in [-0.3, -0.25) is 4.79 Å². The molecule has 0 saturated heterocycles. The van der Waals surface area contributed by atoms with Crippen LogP contribution >= 0.6 is 0 Å². The Balaban J connectivity index is 2.75. The number of carbonyl (C=O) groups is 3. The van der Waals surface area contributed by atoms with Gasteiger partial charge < -0.3 is 20.8 Å². The van der Waals surface area contributed by atoms with Gasteiger partial charge in [-0.2, -0.15) is 5.26 Å². The number of carboxylic acids is 2. The predicted molar refractivity (Wildman–Crippen MR) is 66.9 cm³/mol. The van der Waals surface area contributed by atoms with E-state index < -0.39 is 36.2 Å². The van der Waals surface area contributed by atoms with Crippen LogP contribution in [0.5, 0.6) is 0 Å². The van der Waals surface area contributed by atoms with Gasteiger partial charge in [0, 0.05) is 0 Å². The molecule has 0 aliphatic carbocycles. The number of rotatable bonds is 5. The maximum Gasteiger partial charge on any atom is 0.326 e. The molecule has 0 bridgehead atoms. The summed E-state index contributed by atoms with van der Waals surface area (Å²) < 4.78 is 13.5. The molecule has 1 aromatic rings. The van der Waals surface area contributed by atoms with Gasteiger partial charge in [0.2, 0.25) is 0 Å². The van der Waals surface area contributed by atoms with Crippen LogP contribution in [0.3, 0.4) is 0 Å². The summed E-state index contributed by atoms with van der Waals surface area (Å²) in [5.41, 5.74) is -0.223. The number of amides is 2. The highest BCUT2D eigenvalue weighted by atomic mass is 19.1. The lowest BCUT2D eigenvalue weighted by molar-refractivity contribution is -0.145. The second-order valence-electron chi connectivity index (χ2n) is 3.89. The van der Waals surface area contributed by atoms with Crippen molar-refractivity contribution in [3.05, 3.63) is 29.6 Å². The van der Waals surface area contributed by atoms with Crippen LogP contribution in [0.25, 0.3) is 0 Å². The van der Waals surface area contributed by atoms with Crippen LogP contribution in [0, 0.1) is 17.1 Å². The first-order valence-electron chi connectivity index (χ1n) is 5.55. The standard InChI is InChI=1S/C12H10FN3O5/c13-7-3-6(5-14)1-2-8(7)15-12(21)16-9(11(19)20)4-10(17)18/h1-3,9H,4H2,(H,17,18)(H,19,20)(H2,15,16,21)/t9-/m1/s1. The highest BCUT2D eigenvalue weighted by Crippen LogP contribution is 2.15. The Morgan fingerprint density at radius 3 is 2.48 bits per heavy atom. The van der Waals surface area contributed by atoms with E-state index in [1.165, 1.54) is 6.07 Å². The van der Waals surface area contributed by atoms with Crippen molar-refractivity contribution < 1.29 is 29.0 Å². The van der Waals surface area contributed by atoms with Crippen molar-refractivity contribution in [2.24, 2.45) is 0 Å². The van der Waals surface area contributed by atoms with Crippen molar-refractivity contribution >= 4 is 23.7 Å². The highest BCUT2D eigenvalue weighted by molar-refractivity contribution is 5.93. The number of halogens is 1. The number of carbonyl (C=O) groups excluding carboxylic acids is 1. The molecule has 1 aromatic carbocycles. The molecule has 1 atom stereocenters. The number of nitrogens with zero attached hydrogens (tertiary/aromatic N) is 1. The number of anilines is 1. The average Bonchev–Trinajstić information content (AvgIpc) is 2.39. The van der Waals surface area contributed by atoms with Crippen LogP contribution in [-0.2, 0) is 9.59 Å². The lowest BCUT2D eigenvalue weighted by Crippen LogP contribution is -2.44. The molecule has 0 radical (unpaired) electrons. The molecule has 0 fully saturated rings. The van der Waals surface area contributed by atoms with Crippen molar-refractivity contribution in [3.8, 4) is 6.07 Å². The summed E-state index contributed by atoms with van der Waals surface area (Å²) in [7, 11) is 0. The second-order valence-corrected chi connectivity index (χ2v) is 3.89. The molecule has 2 amide bonds. The van der Waals surface area contributed by atoms with Gasteiger partial charge in [-0.15, -0.1) is 0 Å². The molecular weight excluding hydrogens is 285 g/mol. The molecule has 0 spiro atoms. The van der Waals surface area contributed by atoms with E-state index in [9.17, 15) is 18.8 Å². The average molecular weight is 295 g/mol. The number of hydrogen-bond acceptors (Lipinski definition) is 4. The largest absolute Gasteiger partial charge is 0.481 e. The lowest BCUT2D eigenvalue weighted by atomic mass is 10.2. The minimum atomic E-state index is -1.65. The minimum absolute atomic E-state index is 0.0488. The molecule has 4 N–H and O–H groups in total. The van der Waals surface area contributed by atoms with E-state index in [0.717, 1.165) is 12.1 Å². The van der Waals surface area contributed by atoms with Gasteiger partial charge in [0.25, 0.3) is 0 Å². The molecule has 0 aliphatic rings. The van der Waals surface area contributed by atoms with E-state index in [0.29, 0.717) is 0 Å². The van der Waals surface area contributed by atoms with Crippen LogP contribution in [0.4, 0.5) is 14.9 Å². The zero-order valence-electron chi connectivity index (χ0n) is 10.5. The van der Waals surface area contributed by atoms with E-state index in [1.54, 1.807) is 6.07 Å². The maximum absolute atomic E-state index is 13.5. The van der Waals surface area contributed by atoms with E-state index in [4.69, 9.17) is 15.5 Å². The number of nitriles is 1. The molecule has 9 heteroatoms. The van der Waals surface area contributed by atoms with Gasteiger partial charge in [-0.1, -0.05) is 0 Å². The zero-order valence-corrected chi connectivity index (χ0v) is 10.5. The fourth-order valence-electron chi connectivity index (χ4n) is 1.38. The van der Waals surface area contributed by atoms with E-state index in [2.05, 4.69) is 0 Å². The van der Waals surface area contributed by atoms with Gasteiger partial charge in [0.1, 0.15) is 11.9 Å². The first-order chi connectivity index (χ1) is 9.83. The van der Waals surface area contributed by atoms with Gasteiger partial charge in [0.15, 0.2) is 0 Å². The second kappa shape index (κ2) is 6.85. The Hall–Kier alpha value is -3.15. The molecule has 1 rings (SSSR count). The topological polar surface area (TPSA) is 140 Å². The molecule has 110 valence electrons. The summed E-state index contributed by atoms with van der Waals surface area (Å²) in [4.78, 5) is 32.7. The number of carboxylic acid groups (broad SMARTS) is 2. The van der Waals surface area contributed by atoms with E-state index >= 15 is 0 Å². The molecule has 21 heavy (non-hydrogen) atoms. The quantitative estimate of drug-likeness (QED) is 0.632. The van der Waals surface area contributed by atoms with Crippen molar-refractivity contribution in [2.75, 3.05) is 5.32 Å². The monoisotopic (exact) mass is 295 g/mol. The third-order valence-electron chi connectivity index (χ3n) is 2.33. The van der Waals surface area contributed by atoms with Gasteiger partial charge in [-0.05, 0) is 18.2 Å². The summed E-state index contributed by atoms with van der Waals surface area (Å²) in [6.07, 6.45) is -0.821. The molecule has 0 unspecified atom stereocenters. The zero-order chi connectivity index (χ0) is 16.0. The Morgan fingerprint density at radius 2 is 2.00 bits per heavy atom. The van der Waals surface area contributed by atoms with Crippen molar-refractivity contribution in [1.29, 1.82) is 5.26 Å². The molecular formula is C12H10FN3O5. The Bertz CT molecular complexity index is 626. The van der Waals surface area contributed by atoms with E-state index in [1.807, 2.05) is 10.6 Å². The predicted octanol–water partition coefficient (Wildman–Crippen LogP) is 0.747. The van der Waals surface area contributed by atoms with Crippen LogP contribution < -0.4 is 10.6 Å². The van der Waals surface area contributed by atoms with Gasteiger partial charge >= 0.3 is 18.0 Å². The molecule has 0 saturated carbocycles. The third kappa shape index (κ3) is 4.79. The first-order valence-corrected chi connectivity index (χ1v) is 5.55. The van der Waals surface area contributed by atoms with Crippen LogP contribution in [0.15, 0.2) is 18.2 Å². The summed E-state index contributed by atoms with van der Waals surface area (Å²) in [6, 6.07) is 2.25. The number of hydrogen-bond donors (Lipinski definition) is 4. The molecule has 0 aromatic heterocycles. The third-order valence-corrected chi connectivity index (χ3v) is 2.33. The molecule has 8 nitrogen and oxygen atoms in total. The number of aliphatic carboxylic acids is 2. The normalized spacial score (nSPS) is 11.0. The van der Waals surface area contributed by atoms with Crippen LogP contribution in [0.1, 0.15) is 12.0 Å². The van der Waals surface area contributed by atoms with Crippen LogP contribution in [0.2, 0.25) is 0 Å². The fourth-order valence-corrected chi connectivity index (χ4v) is 1.38. The van der Waals surface area contributed by atoms with Crippen molar-refractivity contribution in [3.63, 3.8) is 0 Å². The smallest absolute Gasteiger partial charge is 0.326 e. The van der Waals surface area contributed by atoms with Crippen LogP contribution in [-0.4, -0.2) is 34.2 Å². The fraction of sp³-hybridized carbons (Fsp3) is 0.167. The maximum atomic E-state index is 13.5. The summed E-state index contributed by atoms with van der Waals surface area (Å²) in [5.74, 6) is -3.82. The van der Waals surface area contributed by atoms with Crippen molar-refractivity contribution in [2.45, 2.75) is 12.5 Å². The minimum Gasteiger partial charge on any atom is -0.481 e. The molecule has 0 aliphatic heterocycles. The Morgan fingerprint density at radius 1 is 1.33 bits per heavy atom. The number of urea groups is 1. The molecule has 0 heterocycles. The summed E-state index contributed by atoms with van der Waals surface area (Å²) in [6.45, 7) is 0.